The largest absolute Gasteiger partial charge is 0.480 e. The van der Waals surface area contributed by atoms with Crippen LogP contribution in [0.2, 0.25) is 0 Å². The van der Waals surface area contributed by atoms with Gasteiger partial charge in [0.1, 0.15) is 11.9 Å². The summed E-state index contributed by atoms with van der Waals surface area (Å²) in [6.45, 7) is 1.29. The van der Waals surface area contributed by atoms with Gasteiger partial charge in [0.15, 0.2) is 0 Å². The summed E-state index contributed by atoms with van der Waals surface area (Å²) in [5.41, 5.74) is 0. The number of carboxylic acids is 1. The molecule has 1 unspecified atom stereocenters. The third-order valence-electron chi connectivity index (χ3n) is 2.49. The van der Waals surface area contributed by atoms with Crippen LogP contribution < -0.4 is 0 Å². The Morgan fingerprint density at radius 2 is 2.31 bits per heavy atom. The molecule has 1 fully saturated rings. The molecule has 1 saturated heterocycles. The van der Waals surface area contributed by atoms with Crippen LogP contribution in [0.5, 0.6) is 0 Å². The molecular weight excluding hydrogens is 226 g/mol. The minimum Gasteiger partial charge on any atom is -0.480 e. The Bertz CT molecular complexity index is 360. The molecule has 1 atom stereocenters. The second kappa shape index (κ2) is 5.27. The number of carboxylic acid groups (broad SMARTS) is 1. The van der Waals surface area contributed by atoms with Crippen molar-refractivity contribution < 1.29 is 9.90 Å². The molecule has 86 valence electrons. The molecule has 0 amide bonds. The van der Waals surface area contributed by atoms with Gasteiger partial charge in [-0.25, -0.2) is 9.97 Å². The molecule has 0 spiro atoms. The number of thioether (sulfide) groups is 1. The zero-order valence-corrected chi connectivity index (χ0v) is 9.56. The molecule has 0 radical (unpaired) electrons. The number of hydrogen-bond acceptors (Lipinski definition) is 5. The van der Waals surface area contributed by atoms with E-state index < -0.39 is 12.0 Å². The van der Waals surface area contributed by atoms with Crippen molar-refractivity contribution in [3.8, 4) is 0 Å². The first-order chi connectivity index (χ1) is 7.77. The van der Waals surface area contributed by atoms with Crippen LogP contribution >= 0.6 is 11.8 Å². The number of aliphatic carboxylic acids is 1. The number of hydrogen-bond donors (Lipinski definition) is 1. The monoisotopic (exact) mass is 239 g/mol. The SMILES string of the molecule is O=C(O)C1CSCCN1Cc1ncccn1. The molecule has 2 heterocycles. The maximum absolute atomic E-state index is 11.1. The van der Waals surface area contributed by atoms with Crippen LogP contribution in [0.25, 0.3) is 0 Å². The topological polar surface area (TPSA) is 66.3 Å². The van der Waals surface area contributed by atoms with Crippen molar-refractivity contribution in [1.82, 2.24) is 14.9 Å². The molecule has 0 saturated carbocycles. The molecule has 0 aliphatic carbocycles. The van der Waals surface area contributed by atoms with Gasteiger partial charge in [-0.15, -0.1) is 0 Å². The van der Waals surface area contributed by atoms with Crippen LogP contribution in [0.4, 0.5) is 0 Å². The molecule has 1 aromatic rings. The minimum atomic E-state index is -0.761. The Morgan fingerprint density at radius 3 is 3.00 bits per heavy atom. The first-order valence-electron chi connectivity index (χ1n) is 5.08. The number of nitrogens with zero attached hydrogens (tertiary/aromatic N) is 3. The molecule has 1 aliphatic rings. The van der Waals surface area contributed by atoms with Gasteiger partial charge >= 0.3 is 5.97 Å². The van der Waals surface area contributed by atoms with Crippen molar-refractivity contribution in [3.63, 3.8) is 0 Å². The van der Waals surface area contributed by atoms with E-state index in [9.17, 15) is 4.79 Å². The smallest absolute Gasteiger partial charge is 0.321 e. The van der Waals surface area contributed by atoms with E-state index in [4.69, 9.17) is 5.11 Å². The highest BCUT2D eigenvalue weighted by molar-refractivity contribution is 7.99. The summed E-state index contributed by atoms with van der Waals surface area (Å²) >= 11 is 1.68. The zero-order valence-electron chi connectivity index (χ0n) is 8.74. The fourth-order valence-electron chi connectivity index (χ4n) is 1.65. The van der Waals surface area contributed by atoms with Crippen molar-refractivity contribution >= 4 is 17.7 Å². The summed E-state index contributed by atoms with van der Waals surface area (Å²) in [5.74, 6) is 1.53. The van der Waals surface area contributed by atoms with Crippen molar-refractivity contribution in [2.75, 3.05) is 18.1 Å². The second-order valence-electron chi connectivity index (χ2n) is 3.56. The molecule has 1 aromatic heterocycles. The molecule has 16 heavy (non-hydrogen) atoms. The third kappa shape index (κ3) is 2.70. The first kappa shape index (κ1) is 11.3. The van der Waals surface area contributed by atoms with Crippen molar-refractivity contribution in [3.05, 3.63) is 24.3 Å². The van der Waals surface area contributed by atoms with E-state index >= 15 is 0 Å². The van der Waals surface area contributed by atoms with Crippen LogP contribution in [-0.2, 0) is 11.3 Å². The summed E-state index contributed by atoms with van der Waals surface area (Å²) in [4.78, 5) is 21.2. The quantitative estimate of drug-likeness (QED) is 0.827. The molecule has 2 rings (SSSR count). The summed E-state index contributed by atoms with van der Waals surface area (Å²) in [6.07, 6.45) is 3.35. The van der Waals surface area contributed by atoms with Crippen molar-refractivity contribution in [2.24, 2.45) is 0 Å². The van der Waals surface area contributed by atoms with E-state index in [0.717, 1.165) is 12.3 Å². The maximum Gasteiger partial charge on any atom is 0.321 e. The van der Waals surface area contributed by atoms with E-state index in [2.05, 4.69) is 9.97 Å². The molecule has 0 bridgehead atoms. The first-order valence-corrected chi connectivity index (χ1v) is 6.23. The second-order valence-corrected chi connectivity index (χ2v) is 4.71. The van der Waals surface area contributed by atoms with Crippen molar-refractivity contribution in [1.29, 1.82) is 0 Å². The van der Waals surface area contributed by atoms with Gasteiger partial charge < -0.3 is 5.11 Å². The Morgan fingerprint density at radius 1 is 1.56 bits per heavy atom. The lowest BCUT2D eigenvalue weighted by Crippen LogP contribution is -2.46. The lowest BCUT2D eigenvalue weighted by Gasteiger charge is -2.31. The standard InChI is InChI=1S/C10H13N3O2S/c14-10(15)8-7-16-5-4-13(8)6-9-11-2-1-3-12-9/h1-3,8H,4-7H2,(H,14,15). The van der Waals surface area contributed by atoms with Gasteiger partial charge in [0.25, 0.3) is 0 Å². The average Bonchev–Trinajstić information content (AvgIpc) is 2.31. The van der Waals surface area contributed by atoms with E-state index in [1.54, 1.807) is 30.2 Å². The molecule has 0 aromatic carbocycles. The predicted octanol–water partition coefficient (Wildman–Crippen LogP) is 0.479. The third-order valence-corrected chi connectivity index (χ3v) is 3.51. The van der Waals surface area contributed by atoms with Crippen LogP contribution in [0.15, 0.2) is 18.5 Å². The highest BCUT2D eigenvalue weighted by Crippen LogP contribution is 2.17. The van der Waals surface area contributed by atoms with Gasteiger partial charge in [-0.05, 0) is 6.07 Å². The molecule has 5 nitrogen and oxygen atoms in total. The van der Waals surface area contributed by atoms with Gasteiger partial charge in [0, 0.05) is 30.4 Å². The molecule has 1 N–H and O–H groups in total. The van der Waals surface area contributed by atoms with Crippen LogP contribution in [-0.4, -0.2) is 50.0 Å². The maximum atomic E-state index is 11.1. The van der Waals surface area contributed by atoms with Gasteiger partial charge in [0.05, 0.1) is 6.54 Å². The lowest BCUT2D eigenvalue weighted by molar-refractivity contribution is -0.142. The lowest BCUT2D eigenvalue weighted by atomic mass is 10.2. The van der Waals surface area contributed by atoms with Gasteiger partial charge in [-0.3, -0.25) is 9.69 Å². The number of carbonyl (C=O) groups is 1. The predicted molar refractivity (Wildman–Crippen MR) is 61.2 cm³/mol. The fourth-order valence-corrected chi connectivity index (χ4v) is 2.75. The fraction of sp³-hybridized carbons (Fsp3) is 0.500. The summed E-state index contributed by atoms with van der Waals surface area (Å²) in [6, 6.07) is 1.34. The van der Waals surface area contributed by atoms with Crippen molar-refractivity contribution in [2.45, 2.75) is 12.6 Å². The Hall–Kier alpha value is -1.14. The molecule has 6 heteroatoms. The van der Waals surface area contributed by atoms with Crippen LogP contribution in [0, 0.1) is 0 Å². The van der Waals surface area contributed by atoms with Gasteiger partial charge in [-0.2, -0.15) is 11.8 Å². The van der Waals surface area contributed by atoms with Gasteiger partial charge in [-0.1, -0.05) is 0 Å². The van der Waals surface area contributed by atoms with Gasteiger partial charge in [0.2, 0.25) is 0 Å². The molecule has 1 aliphatic heterocycles. The Labute approximate surface area is 97.9 Å². The highest BCUT2D eigenvalue weighted by Gasteiger charge is 2.29. The Balaban J connectivity index is 2.04. The molecular formula is C10H13N3O2S. The number of rotatable bonds is 3. The van der Waals surface area contributed by atoms with E-state index in [1.165, 1.54) is 0 Å². The van der Waals surface area contributed by atoms with Crippen LogP contribution in [0.3, 0.4) is 0 Å². The zero-order chi connectivity index (χ0) is 11.4. The van der Waals surface area contributed by atoms with E-state index in [1.807, 2.05) is 4.90 Å². The van der Waals surface area contributed by atoms with E-state index in [0.29, 0.717) is 18.1 Å². The average molecular weight is 239 g/mol. The van der Waals surface area contributed by atoms with E-state index in [-0.39, 0.29) is 0 Å². The summed E-state index contributed by atoms with van der Waals surface area (Å²) < 4.78 is 0. The highest BCUT2D eigenvalue weighted by atomic mass is 32.2. The summed E-state index contributed by atoms with van der Waals surface area (Å²) in [5, 5.41) is 9.09. The Kier molecular flexibility index (Phi) is 3.74. The minimum absolute atomic E-state index is 0.414. The normalized spacial score (nSPS) is 21.9. The summed E-state index contributed by atoms with van der Waals surface area (Å²) in [7, 11) is 0. The number of aromatic nitrogens is 2. The van der Waals surface area contributed by atoms with Crippen LogP contribution in [0.1, 0.15) is 5.82 Å².